The quantitative estimate of drug-likeness (QED) is 0.223. The van der Waals surface area contributed by atoms with Gasteiger partial charge in [0.25, 0.3) is 0 Å². The van der Waals surface area contributed by atoms with E-state index in [-0.39, 0.29) is 38.0 Å². The van der Waals surface area contributed by atoms with Crippen molar-refractivity contribution < 1.29 is 63.8 Å². The average Bonchev–Trinajstić information content (AvgIpc) is 2.83. The van der Waals surface area contributed by atoms with E-state index in [1.54, 1.807) is 14.2 Å². The first-order chi connectivity index (χ1) is 15.6. The molecule has 1 heterocycles. The Morgan fingerprint density at radius 3 is 1.21 bits per heavy atom. The van der Waals surface area contributed by atoms with Gasteiger partial charge in [-0.3, -0.25) is 0 Å². The number of rotatable bonds is 12. The fourth-order valence-electron chi connectivity index (χ4n) is 3.88. The van der Waals surface area contributed by atoms with Gasteiger partial charge in [-0.1, -0.05) is 0 Å². The third-order valence-electron chi connectivity index (χ3n) is 5.72. The Morgan fingerprint density at radius 2 is 0.912 bits per heavy atom. The predicted molar refractivity (Wildman–Crippen MR) is 120 cm³/mol. The lowest BCUT2D eigenvalue weighted by atomic mass is 10.2. The van der Waals surface area contributed by atoms with E-state index in [9.17, 15) is 10.2 Å². The number of aliphatic hydroxyl groups excluding tert-OH is 2. The summed E-state index contributed by atoms with van der Waals surface area (Å²) in [5.74, 6) is 3.00. The zero-order chi connectivity index (χ0) is 22.8. The van der Waals surface area contributed by atoms with E-state index >= 15 is 0 Å². The first-order valence-corrected chi connectivity index (χ1v) is 11.1. The van der Waals surface area contributed by atoms with Gasteiger partial charge in [0, 0.05) is 0 Å². The van der Waals surface area contributed by atoms with Crippen molar-refractivity contribution in [1.29, 1.82) is 0 Å². The van der Waals surface area contributed by atoms with Crippen LogP contribution in [-0.4, -0.2) is 89.1 Å². The van der Waals surface area contributed by atoms with Gasteiger partial charge in [-0.15, -0.1) is 0 Å². The molecule has 0 spiro atoms. The van der Waals surface area contributed by atoms with Crippen LogP contribution in [0.1, 0.15) is 0 Å². The zero-order valence-electron chi connectivity index (χ0n) is 19.7. The lowest BCUT2D eigenvalue weighted by Gasteiger charge is -2.31. The summed E-state index contributed by atoms with van der Waals surface area (Å²) in [6, 6.07) is 14.7. The Kier molecular flexibility index (Phi) is 14.0. The third-order valence-corrected chi connectivity index (χ3v) is 5.72. The predicted octanol–water partition coefficient (Wildman–Crippen LogP) is -7.33. The average molecular weight is 519 g/mol. The molecule has 0 aromatic heterocycles. The molecule has 2 unspecified atom stereocenters. The van der Waals surface area contributed by atoms with Crippen molar-refractivity contribution in [3.05, 3.63) is 48.5 Å². The Labute approximate surface area is 214 Å². The van der Waals surface area contributed by atoms with Crippen LogP contribution < -0.4 is 53.6 Å². The fourth-order valence-corrected chi connectivity index (χ4v) is 3.88. The second kappa shape index (κ2) is 15.9. The molecule has 3 rings (SSSR count). The van der Waals surface area contributed by atoms with Gasteiger partial charge in [-0.2, -0.15) is 0 Å². The Bertz CT molecular complexity index is 722. The highest BCUT2D eigenvalue weighted by Gasteiger charge is 2.26. The molecule has 34 heavy (non-hydrogen) atoms. The number of halogens is 2. The maximum Gasteiger partial charge on any atom is 0.137 e. The van der Waals surface area contributed by atoms with E-state index in [1.807, 2.05) is 48.5 Å². The first kappa shape index (κ1) is 30.1. The van der Waals surface area contributed by atoms with Crippen molar-refractivity contribution in [3.63, 3.8) is 0 Å². The lowest BCUT2D eigenvalue weighted by molar-refractivity contribution is -1.01. The van der Waals surface area contributed by atoms with Gasteiger partial charge < -0.3 is 63.8 Å². The highest BCUT2D eigenvalue weighted by Crippen LogP contribution is 2.17. The van der Waals surface area contributed by atoms with Crippen LogP contribution in [0.4, 0.5) is 0 Å². The molecule has 8 nitrogen and oxygen atoms in total. The third kappa shape index (κ3) is 10.1. The fraction of sp³-hybridized carbons (Fsp3) is 0.500. The number of quaternary nitrogens is 2. The summed E-state index contributed by atoms with van der Waals surface area (Å²) in [6.07, 6.45) is -1.03. The summed E-state index contributed by atoms with van der Waals surface area (Å²) < 4.78 is 21.6. The van der Waals surface area contributed by atoms with Gasteiger partial charge in [0.2, 0.25) is 0 Å². The number of hydrogen-bond acceptors (Lipinski definition) is 6. The summed E-state index contributed by atoms with van der Waals surface area (Å²) in [4.78, 5) is 2.73. The number of methoxy groups -OCH3 is 2. The topological polar surface area (TPSA) is 86.3 Å². The van der Waals surface area contributed by atoms with Crippen LogP contribution in [0.5, 0.6) is 23.0 Å². The summed E-state index contributed by atoms with van der Waals surface area (Å²) >= 11 is 0. The summed E-state index contributed by atoms with van der Waals surface area (Å²) in [7, 11) is 3.25. The zero-order valence-corrected chi connectivity index (χ0v) is 21.2. The van der Waals surface area contributed by atoms with Gasteiger partial charge in [0.1, 0.15) is 87.7 Å². The van der Waals surface area contributed by atoms with Gasteiger partial charge >= 0.3 is 0 Å². The molecule has 0 radical (unpaired) electrons. The number of nitrogens with one attached hydrogen (secondary N) is 2. The molecule has 1 fully saturated rings. The summed E-state index contributed by atoms with van der Waals surface area (Å²) in [6.45, 7) is 5.70. The van der Waals surface area contributed by atoms with Crippen molar-refractivity contribution in [1.82, 2.24) is 0 Å². The van der Waals surface area contributed by atoms with Crippen LogP contribution in [0.2, 0.25) is 0 Å². The second-order valence-electron chi connectivity index (χ2n) is 8.19. The second-order valence-corrected chi connectivity index (χ2v) is 8.19. The van der Waals surface area contributed by atoms with E-state index in [4.69, 9.17) is 18.9 Å². The smallest absolute Gasteiger partial charge is 0.137 e. The van der Waals surface area contributed by atoms with Crippen molar-refractivity contribution in [2.75, 3.05) is 66.7 Å². The normalized spacial score (nSPS) is 19.1. The van der Waals surface area contributed by atoms with E-state index in [2.05, 4.69) is 0 Å². The standard InChI is InChI=1S/C24H34N2O6.2ClH/c1-29-21-3-7-23(8-4-21)31-17-19(27)15-25-11-13-26(14-12-25)16-20(28)18-32-24-9-5-22(30-2)6-10-24;;/h3-10,19-20,27-28H,11-18H2,1-2H3;2*1H. The van der Waals surface area contributed by atoms with Crippen LogP contribution in [-0.2, 0) is 0 Å². The maximum absolute atomic E-state index is 10.3. The molecule has 0 bridgehead atoms. The van der Waals surface area contributed by atoms with Crippen LogP contribution in [0.25, 0.3) is 0 Å². The van der Waals surface area contributed by atoms with E-state index in [0.717, 1.165) is 49.2 Å². The molecule has 1 aliphatic rings. The summed E-state index contributed by atoms with van der Waals surface area (Å²) in [5, 5.41) is 20.7. The van der Waals surface area contributed by atoms with Crippen LogP contribution in [0.15, 0.2) is 48.5 Å². The Morgan fingerprint density at radius 1 is 0.618 bits per heavy atom. The highest BCUT2D eigenvalue weighted by molar-refractivity contribution is 5.31. The molecule has 2 aromatic rings. The number of benzene rings is 2. The molecule has 4 N–H and O–H groups in total. The molecular formula is C24H36Cl2N2O6. The molecular weight excluding hydrogens is 483 g/mol. The molecule has 0 aliphatic carbocycles. The van der Waals surface area contributed by atoms with Gasteiger partial charge in [-0.05, 0) is 48.5 Å². The van der Waals surface area contributed by atoms with E-state index in [0.29, 0.717) is 13.1 Å². The summed E-state index contributed by atoms with van der Waals surface area (Å²) in [5.41, 5.74) is 0. The Hall–Kier alpha value is -1.94. The maximum atomic E-state index is 10.3. The van der Waals surface area contributed by atoms with Crippen molar-refractivity contribution in [2.45, 2.75) is 12.2 Å². The van der Waals surface area contributed by atoms with Crippen molar-refractivity contribution in [2.24, 2.45) is 0 Å². The van der Waals surface area contributed by atoms with Crippen LogP contribution in [0, 0.1) is 0 Å². The molecule has 1 saturated heterocycles. The minimum atomic E-state index is -0.517. The monoisotopic (exact) mass is 518 g/mol. The SMILES string of the molecule is COc1ccc(OCC(O)C[NH+]2CC[NH+](CC(O)COc3ccc(OC)cc3)CC2)cc1.[Cl-].[Cl-]. The van der Waals surface area contributed by atoms with Gasteiger partial charge in [0.05, 0.1) is 14.2 Å². The first-order valence-electron chi connectivity index (χ1n) is 11.1. The minimum Gasteiger partial charge on any atom is -1.00 e. The molecule has 192 valence electrons. The molecule has 2 atom stereocenters. The van der Waals surface area contributed by atoms with E-state index < -0.39 is 12.2 Å². The molecule has 2 aromatic carbocycles. The van der Waals surface area contributed by atoms with Gasteiger partial charge in [0.15, 0.2) is 0 Å². The molecule has 0 saturated carbocycles. The lowest BCUT2D eigenvalue weighted by Crippen LogP contribution is -3.29. The van der Waals surface area contributed by atoms with E-state index in [1.165, 1.54) is 9.80 Å². The largest absolute Gasteiger partial charge is 1.00 e. The van der Waals surface area contributed by atoms with Crippen molar-refractivity contribution >= 4 is 0 Å². The molecule has 1 aliphatic heterocycles. The highest BCUT2D eigenvalue weighted by atomic mass is 35.5. The number of ether oxygens (including phenoxy) is 4. The van der Waals surface area contributed by atoms with Crippen LogP contribution >= 0.6 is 0 Å². The molecule has 0 amide bonds. The number of aliphatic hydroxyl groups is 2. The number of piperazine rings is 1. The Balaban J connectivity index is 0.00000289. The minimum absolute atomic E-state index is 0. The molecule has 10 heteroatoms. The number of hydrogen-bond donors (Lipinski definition) is 4. The van der Waals surface area contributed by atoms with Crippen molar-refractivity contribution in [3.8, 4) is 23.0 Å². The van der Waals surface area contributed by atoms with Crippen LogP contribution in [0.3, 0.4) is 0 Å². The van der Waals surface area contributed by atoms with Gasteiger partial charge in [-0.25, -0.2) is 0 Å².